The van der Waals surface area contributed by atoms with Gasteiger partial charge in [0.25, 0.3) is 0 Å². The number of fused-ring (bicyclic) bond motifs is 3. The van der Waals surface area contributed by atoms with Gasteiger partial charge in [-0.05, 0) is 61.2 Å². The van der Waals surface area contributed by atoms with Crippen LogP contribution < -0.4 is 14.8 Å². The highest BCUT2D eigenvalue weighted by atomic mass is 16.5. The van der Waals surface area contributed by atoms with E-state index in [2.05, 4.69) is 47.8 Å². The Kier molecular flexibility index (Phi) is 4.73. The van der Waals surface area contributed by atoms with Crippen LogP contribution in [0.4, 0.5) is 5.69 Å². The fraction of sp³-hybridized carbons (Fsp3) is 0.231. The molecule has 1 aliphatic heterocycles. The molecule has 1 aliphatic carbocycles. The second kappa shape index (κ2) is 7.67. The van der Waals surface area contributed by atoms with E-state index in [-0.39, 0.29) is 6.04 Å². The molecule has 3 aromatic rings. The molecule has 1 N–H and O–H groups in total. The molecule has 0 saturated carbocycles. The van der Waals surface area contributed by atoms with Gasteiger partial charge in [-0.2, -0.15) is 0 Å². The van der Waals surface area contributed by atoms with Crippen molar-refractivity contribution in [2.24, 2.45) is 5.92 Å². The summed E-state index contributed by atoms with van der Waals surface area (Å²) in [6, 6.07) is 25.0. The minimum Gasteiger partial charge on any atom is -0.494 e. The molecule has 3 atom stereocenters. The van der Waals surface area contributed by atoms with Gasteiger partial charge in [0.1, 0.15) is 17.2 Å². The number of para-hydroxylation sites is 2. The highest BCUT2D eigenvalue weighted by molar-refractivity contribution is 5.62. The van der Waals surface area contributed by atoms with Gasteiger partial charge < -0.3 is 14.8 Å². The molecular formula is C26H25NO2. The lowest BCUT2D eigenvalue weighted by Gasteiger charge is -2.38. The number of rotatable bonds is 5. The maximum Gasteiger partial charge on any atom is 0.127 e. The Morgan fingerprint density at radius 1 is 0.897 bits per heavy atom. The van der Waals surface area contributed by atoms with E-state index in [9.17, 15) is 0 Å². The highest BCUT2D eigenvalue weighted by Crippen LogP contribution is 2.51. The van der Waals surface area contributed by atoms with E-state index in [0.717, 1.165) is 23.7 Å². The van der Waals surface area contributed by atoms with E-state index in [1.807, 2.05) is 49.4 Å². The average molecular weight is 383 g/mol. The molecule has 0 amide bonds. The fourth-order valence-corrected chi connectivity index (χ4v) is 4.59. The maximum absolute atomic E-state index is 6.08. The molecule has 2 aliphatic rings. The zero-order valence-corrected chi connectivity index (χ0v) is 16.5. The van der Waals surface area contributed by atoms with E-state index in [4.69, 9.17) is 9.47 Å². The number of benzene rings is 3. The normalized spacial score (nSPS) is 21.8. The van der Waals surface area contributed by atoms with E-state index in [1.54, 1.807) is 0 Å². The minimum absolute atomic E-state index is 0.228. The molecular weight excluding hydrogens is 358 g/mol. The van der Waals surface area contributed by atoms with Crippen LogP contribution in [0.5, 0.6) is 17.2 Å². The van der Waals surface area contributed by atoms with Crippen molar-refractivity contribution in [3.63, 3.8) is 0 Å². The smallest absolute Gasteiger partial charge is 0.127 e. The molecule has 0 aromatic heterocycles. The number of ether oxygens (including phenoxy) is 2. The SMILES string of the molecule is CCOc1ccccc1C1Nc2ccc(Oc3ccccc3)cc2C2C=CCC21. The molecule has 0 saturated heterocycles. The van der Waals surface area contributed by atoms with Crippen molar-refractivity contribution in [2.45, 2.75) is 25.3 Å². The molecule has 1 heterocycles. The molecule has 3 aromatic carbocycles. The predicted octanol–water partition coefficient (Wildman–Crippen LogP) is 6.70. The molecule has 5 rings (SSSR count). The predicted molar refractivity (Wildman–Crippen MR) is 117 cm³/mol. The summed E-state index contributed by atoms with van der Waals surface area (Å²) in [5.41, 5.74) is 3.72. The number of nitrogens with one attached hydrogen (secondary N) is 1. The number of hydrogen-bond donors (Lipinski definition) is 1. The number of anilines is 1. The molecule has 29 heavy (non-hydrogen) atoms. The summed E-state index contributed by atoms with van der Waals surface area (Å²) >= 11 is 0. The summed E-state index contributed by atoms with van der Waals surface area (Å²) in [5.74, 6) is 3.56. The van der Waals surface area contributed by atoms with Gasteiger partial charge in [0.05, 0.1) is 12.6 Å². The molecule has 0 fully saturated rings. The van der Waals surface area contributed by atoms with E-state index in [0.29, 0.717) is 18.4 Å². The van der Waals surface area contributed by atoms with Gasteiger partial charge in [-0.3, -0.25) is 0 Å². The minimum atomic E-state index is 0.228. The fourth-order valence-electron chi connectivity index (χ4n) is 4.59. The van der Waals surface area contributed by atoms with Crippen LogP contribution in [0.2, 0.25) is 0 Å². The lowest BCUT2D eigenvalue weighted by atomic mass is 9.77. The van der Waals surface area contributed by atoms with E-state index < -0.39 is 0 Å². The lowest BCUT2D eigenvalue weighted by molar-refractivity contribution is 0.326. The van der Waals surface area contributed by atoms with Gasteiger partial charge >= 0.3 is 0 Å². The molecule has 3 unspecified atom stereocenters. The summed E-state index contributed by atoms with van der Waals surface area (Å²) in [7, 11) is 0. The van der Waals surface area contributed by atoms with Crippen molar-refractivity contribution < 1.29 is 9.47 Å². The zero-order chi connectivity index (χ0) is 19.6. The van der Waals surface area contributed by atoms with Crippen LogP contribution in [0.25, 0.3) is 0 Å². The summed E-state index contributed by atoms with van der Waals surface area (Å²) in [4.78, 5) is 0. The first kappa shape index (κ1) is 17.9. The van der Waals surface area contributed by atoms with E-state index >= 15 is 0 Å². The molecule has 146 valence electrons. The summed E-state index contributed by atoms with van der Waals surface area (Å²) in [6.07, 6.45) is 5.73. The van der Waals surface area contributed by atoms with Crippen molar-refractivity contribution >= 4 is 5.69 Å². The largest absolute Gasteiger partial charge is 0.494 e. The summed E-state index contributed by atoms with van der Waals surface area (Å²) in [5, 5.41) is 3.80. The van der Waals surface area contributed by atoms with E-state index in [1.165, 1.54) is 16.8 Å². The van der Waals surface area contributed by atoms with Gasteiger partial charge in [0, 0.05) is 17.2 Å². The quantitative estimate of drug-likeness (QED) is 0.497. The van der Waals surface area contributed by atoms with Crippen molar-refractivity contribution in [2.75, 3.05) is 11.9 Å². The van der Waals surface area contributed by atoms with Crippen LogP contribution in [0.3, 0.4) is 0 Å². The molecule has 3 nitrogen and oxygen atoms in total. The van der Waals surface area contributed by atoms with Crippen LogP contribution in [0, 0.1) is 5.92 Å². The third kappa shape index (κ3) is 3.38. The second-order valence-electron chi connectivity index (χ2n) is 7.61. The summed E-state index contributed by atoms with van der Waals surface area (Å²) in [6.45, 7) is 2.71. The molecule has 3 heteroatoms. The zero-order valence-electron chi connectivity index (χ0n) is 16.5. The van der Waals surface area contributed by atoms with Crippen LogP contribution >= 0.6 is 0 Å². The topological polar surface area (TPSA) is 30.5 Å². The third-order valence-electron chi connectivity index (χ3n) is 5.87. The van der Waals surface area contributed by atoms with Gasteiger partial charge in [0.2, 0.25) is 0 Å². The van der Waals surface area contributed by atoms with Gasteiger partial charge in [-0.1, -0.05) is 48.6 Å². The Balaban J connectivity index is 1.49. The summed E-state index contributed by atoms with van der Waals surface area (Å²) < 4.78 is 12.0. The molecule has 0 spiro atoms. The van der Waals surface area contributed by atoms with Crippen molar-refractivity contribution in [3.05, 3.63) is 96.1 Å². The van der Waals surface area contributed by atoms with Crippen molar-refractivity contribution in [1.82, 2.24) is 0 Å². The Labute approximate surface area is 172 Å². The Morgan fingerprint density at radius 3 is 2.59 bits per heavy atom. The van der Waals surface area contributed by atoms with Gasteiger partial charge in [-0.25, -0.2) is 0 Å². The maximum atomic E-state index is 6.08. The Hall–Kier alpha value is -3.20. The van der Waals surface area contributed by atoms with Crippen LogP contribution in [0.15, 0.2) is 84.9 Å². The Bertz CT molecular complexity index is 1030. The second-order valence-corrected chi connectivity index (χ2v) is 7.61. The molecule has 0 bridgehead atoms. The van der Waals surface area contributed by atoms with Crippen LogP contribution in [0.1, 0.15) is 36.4 Å². The first-order chi connectivity index (χ1) is 14.3. The average Bonchev–Trinajstić information content (AvgIpc) is 3.25. The highest BCUT2D eigenvalue weighted by Gasteiger charge is 2.39. The lowest BCUT2D eigenvalue weighted by Crippen LogP contribution is -2.29. The standard InChI is InChI=1S/C26H25NO2/c1-2-28-25-14-7-6-11-22(25)26-21-13-8-12-20(21)23-17-19(15-16-24(23)27-26)29-18-9-4-3-5-10-18/h3-12,14-17,20-21,26-27H,2,13H2,1H3. The van der Waals surface area contributed by atoms with Crippen LogP contribution in [-0.4, -0.2) is 6.61 Å². The Morgan fingerprint density at radius 2 is 1.72 bits per heavy atom. The van der Waals surface area contributed by atoms with Gasteiger partial charge in [0.15, 0.2) is 0 Å². The third-order valence-corrected chi connectivity index (χ3v) is 5.87. The number of allylic oxidation sites excluding steroid dienone is 2. The number of hydrogen-bond acceptors (Lipinski definition) is 3. The monoisotopic (exact) mass is 383 g/mol. The first-order valence-corrected chi connectivity index (χ1v) is 10.4. The van der Waals surface area contributed by atoms with Gasteiger partial charge in [-0.15, -0.1) is 0 Å². The first-order valence-electron chi connectivity index (χ1n) is 10.4. The molecule has 0 radical (unpaired) electrons. The van der Waals surface area contributed by atoms with Crippen molar-refractivity contribution in [3.8, 4) is 17.2 Å². The van der Waals surface area contributed by atoms with Crippen molar-refractivity contribution in [1.29, 1.82) is 0 Å². The van der Waals surface area contributed by atoms with Crippen LogP contribution in [-0.2, 0) is 0 Å².